The van der Waals surface area contributed by atoms with E-state index in [1.54, 1.807) is 0 Å². The predicted octanol–water partition coefficient (Wildman–Crippen LogP) is 6.67. The van der Waals surface area contributed by atoms with Crippen LogP contribution in [0.4, 0.5) is 0 Å². The second-order valence-corrected chi connectivity index (χ2v) is 14.5. The van der Waals surface area contributed by atoms with Crippen LogP contribution in [-0.4, -0.2) is 9.79 Å². The second kappa shape index (κ2) is 7.49. The summed E-state index contributed by atoms with van der Waals surface area (Å²) in [5, 5.41) is 0. The Kier molecular flexibility index (Phi) is 6.67. The standard InChI is InChI=1S/C12H8Br4ClO2PS/c13-7-1-3-9(15)11(5-7)21(20(17,18)19)12-6-8(14)2-4-10(12)16/h1-6,18-19H. The lowest BCUT2D eigenvalue weighted by molar-refractivity contribution is 0.499. The Bertz CT molecular complexity index is 701. The van der Waals surface area contributed by atoms with Gasteiger partial charge in [-0.1, -0.05) is 41.9 Å². The summed E-state index contributed by atoms with van der Waals surface area (Å²) in [4.78, 5) is 21.8. The van der Waals surface area contributed by atoms with E-state index in [0.717, 1.165) is 27.7 Å². The third-order valence-corrected chi connectivity index (χ3v) is 11.1. The first-order valence-corrected chi connectivity index (χ1v) is 13.0. The van der Waals surface area contributed by atoms with E-state index in [9.17, 15) is 9.79 Å². The van der Waals surface area contributed by atoms with Crippen molar-refractivity contribution in [2.45, 2.75) is 9.79 Å². The maximum Gasteiger partial charge on any atom is 0.244 e. The molecule has 2 aromatic carbocycles. The summed E-state index contributed by atoms with van der Waals surface area (Å²) in [5.74, 6) is -3.66. The van der Waals surface area contributed by atoms with Crippen molar-refractivity contribution in [2.75, 3.05) is 0 Å². The summed E-state index contributed by atoms with van der Waals surface area (Å²) in [5.41, 5.74) is 0. The fraction of sp³-hybridized carbons (Fsp3) is 0. The molecule has 0 spiro atoms. The maximum absolute atomic E-state index is 10.2. The molecule has 0 saturated carbocycles. The zero-order valence-corrected chi connectivity index (χ0v) is 18.9. The van der Waals surface area contributed by atoms with E-state index in [-0.39, 0.29) is 0 Å². The monoisotopic (exact) mass is 598 g/mol. The average Bonchev–Trinajstić information content (AvgIpc) is 2.36. The minimum atomic E-state index is -3.66. The quantitative estimate of drug-likeness (QED) is 0.377. The third kappa shape index (κ3) is 4.68. The molecule has 2 nitrogen and oxygen atoms in total. The van der Waals surface area contributed by atoms with Gasteiger partial charge in [0.1, 0.15) is 0 Å². The third-order valence-electron chi connectivity index (χ3n) is 2.44. The van der Waals surface area contributed by atoms with Crippen molar-refractivity contribution in [1.82, 2.24) is 0 Å². The van der Waals surface area contributed by atoms with E-state index in [4.69, 9.17) is 11.2 Å². The highest BCUT2D eigenvalue weighted by molar-refractivity contribution is 9.11. The van der Waals surface area contributed by atoms with E-state index in [0.29, 0.717) is 0 Å². The van der Waals surface area contributed by atoms with Crippen LogP contribution in [0.25, 0.3) is 0 Å². The Morgan fingerprint density at radius 1 is 0.810 bits per heavy atom. The Hall–Kier alpha value is 1.35. The number of halogens is 5. The Morgan fingerprint density at radius 3 is 1.52 bits per heavy atom. The van der Waals surface area contributed by atoms with Gasteiger partial charge in [-0.05, 0) is 79.5 Å². The van der Waals surface area contributed by atoms with Crippen LogP contribution in [0.15, 0.2) is 64.1 Å². The normalized spacial score (nSPS) is 12.0. The molecule has 0 aliphatic carbocycles. The van der Waals surface area contributed by atoms with Crippen LogP contribution in [-0.2, 0) is 10.1 Å². The molecule has 0 aliphatic heterocycles. The summed E-state index contributed by atoms with van der Waals surface area (Å²) in [6, 6.07) is 11.1. The molecular weight excluding hydrogens is 594 g/mol. The Balaban J connectivity index is 2.85. The van der Waals surface area contributed by atoms with Crippen LogP contribution < -0.4 is 0 Å². The van der Waals surface area contributed by atoms with Gasteiger partial charge in [0.05, 0.1) is 0 Å². The highest BCUT2D eigenvalue weighted by Gasteiger charge is 2.21. The molecule has 0 aliphatic rings. The highest BCUT2D eigenvalue weighted by Crippen LogP contribution is 2.54. The van der Waals surface area contributed by atoms with Gasteiger partial charge in [0.2, 0.25) is 5.84 Å². The van der Waals surface area contributed by atoms with Crippen molar-refractivity contribution in [3.8, 4) is 0 Å². The van der Waals surface area contributed by atoms with E-state index < -0.39 is 15.9 Å². The van der Waals surface area contributed by atoms with Crippen molar-refractivity contribution in [3.05, 3.63) is 54.3 Å². The molecule has 0 aromatic heterocycles. The van der Waals surface area contributed by atoms with Gasteiger partial charge < -0.3 is 9.79 Å². The zero-order chi connectivity index (χ0) is 15.8. The number of hydrogen-bond donors (Lipinski definition) is 2. The summed E-state index contributed by atoms with van der Waals surface area (Å²) < 4.78 is 3.23. The molecule has 9 heteroatoms. The molecule has 114 valence electrons. The summed E-state index contributed by atoms with van der Waals surface area (Å²) >= 11 is 19.7. The van der Waals surface area contributed by atoms with Crippen molar-refractivity contribution >= 4 is 90.9 Å². The first-order valence-electron chi connectivity index (χ1n) is 5.39. The molecule has 0 heterocycles. The molecule has 0 fully saturated rings. The molecule has 2 N–H and O–H groups in total. The first kappa shape index (κ1) is 18.7. The fourth-order valence-corrected chi connectivity index (χ4v) is 10.3. The SMILES string of the molecule is OP(O)(Cl)=S(c1cc(Br)ccc1Br)c1cc(Br)ccc1Br. The van der Waals surface area contributed by atoms with E-state index >= 15 is 0 Å². The minimum absolute atomic E-state index is 0.733. The van der Waals surface area contributed by atoms with Gasteiger partial charge >= 0.3 is 0 Å². The first-order chi connectivity index (χ1) is 9.70. The Labute approximate surface area is 163 Å². The largest absolute Gasteiger partial charge is 0.337 e. The molecule has 0 saturated heterocycles. The van der Waals surface area contributed by atoms with Crippen LogP contribution in [0.5, 0.6) is 0 Å². The molecule has 0 atom stereocenters. The van der Waals surface area contributed by atoms with Crippen molar-refractivity contribution in [3.63, 3.8) is 0 Å². The van der Waals surface area contributed by atoms with E-state index in [1.165, 1.54) is 0 Å². The fourth-order valence-electron chi connectivity index (χ4n) is 1.62. The van der Waals surface area contributed by atoms with Crippen LogP contribution in [0, 0.1) is 0 Å². The van der Waals surface area contributed by atoms with Gasteiger partial charge in [-0.15, -0.1) is 0 Å². The van der Waals surface area contributed by atoms with Gasteiger partial charge in [-0.25, -0.2) is 0 Å². The maximum atomic E-state index is 10.2. The molecule has 0 unspecified atom stereocenters. The molecule has 2 rings (SSSR count). The topological polar surface area (TPSA) is 40.5 Å². The molecule has 0 amide bonds. The average molecular weight is 602 g/mol. The second-order valence-electron chi connectivity index (χ2n) is 3.91. The van der Waals surface area contributed by atoms with E-state index in [1.807, 2.05) is 36.4 Å². The molecule has 21 heavy (non-hydrogen) atoms. The molecule has 0 bridgehead atoms. The van der Waals surface area contributed by atoms with Crippen LogP contribution >= 0.6 is 80.8 Å². The summed E-state index contributed by atoms with van der Waals surface area (Å²) in [7, 11) is -1.08. The van der Waals surface area contributed by atoms with Gasteiger partial charge in [0, 0.05) is 27.7 Å². The number of rotatable bonds is 2. The van der Waals surface area contributed by atoms with Crippen molar-refractivity contribution < 1.29 is 9.79 Å². The van der Waals surface area contributed by atoms with Crippen LogP contribution in [0.2, 0.25) is 0 Å². The zero-order valence-electron chi connectivity index (χ0n) is 10.1. The lowest BCUT2D eigenvalue weighted by atomic mass is 10.4. The lowest BCUT2D eigenvalue weighted by Gasteiger charge is -2.19. The van der Waals surface area contributed by atoms with Gasteiger partial charge in [0.25, 0.3) is 0 Å². The predicted molar refractivity (Wildman–Crippen MR) is 105 cm³/mol. The lowest BCUT2D eigenvalue weighted by Crippen LogP contribution is -1.98. The van der Waals surface area contributed by atoms with Gasteiger partial charge in [-0.2, -0.15) is 0 Å². The van der Waals surface area contributed by atoms with Crippen LogP contribution in [0.3, 0.4) is 0 Å². The molecular formula is C12H8Br4ClO2PS. The number of hydrogen-bond acceptors (Lipinski definition) is 0. The molecule has 0 radical (unpaired) electrons. The highest BCUT2D eigenvalue weighted by atomic mass is 79.9. The van der Waals surface area contributed by atoms with Crippen molar-refractivity contribution in [1.29, 1.82) is 0 Å². The summed E-state index contributed by atoms with van der Waals surface area (Å²) in [6.07, 6.45) is 0. The van der Waals surface area contributed by atoms with Gasteiger partial charge in [-0.3, -0.25) is 0 Å². The van der Waals surface area contributed by atoms with Gasteiger partial charge in [0.15, 0.2) is 0 Å². The van der Waals surface area contributed by atoms with Crippen molar-refractivity contribution in [2.24, 2.45) is 0 Å². The summed E-state index contributed by atoms with van der Waals surface area (Å²) in [6.45, 7) is 0. The van der Waals surface area contributed by atoms with E-state index in [2.05, 4.69) is 63.7 Å². The number of benzene rings is 2. The van der Waals surface area contributed by atoms with Crippen LogP contribution in [0.1, 0.15) is 0 Å². The Morgan fingerprint density at radius 2 is 1.19 bits per heavy atom. The minimum Gasteiger partial charge on any atom is -0.337 e. The smallest absolute Gasteiger partial charge is 0.244 e. The molecule has 2 aromatic rings.